The molecule has 1 saturated carbocycles. The van der Waals surface area contributed by atoms with E-state index in [0.29, 0.717) is 22.8 Å². The van der Waals surface area contributed by atoms with Crippen molar-refractivity contribution in [1.82, 2.24) is 5.32 Å². The van der Waals surface area contributed by atoms with E-state index in [1.165, 1.54) is 11.1 Å². The average Bonchev–Trinajstić information content (AvgIpc) is 3.15. The van der Waals surface area contributed by atoms with Gasteiger partial charge in [0.15, 0.2) is 0 Å². The topological polar surface area (TPSA) is 62.7 Å². The van der Waals surface area contributed by atoms with Crippen LogP contribution in [0.25, 0.3) is 0 Å². The first kappa shape index (κ1) is 28.9. The van der Waals surface area contributed by atoms with Gasteiger partial charge in [0.2, 0.25) is 0 Å². The number of hydrogen-bond acceptors (Lipinski definition) is 3. The van der Waals surface area contributed by atoms with Crippen molar-refractivity contribution in [1.29, 1.82) is 0 Å². The average molecular weight is 548 g/mol. The van der Waals surface area contributed by atoms with Gasteiger partial charge in [-0.1, -0.05) is 55.3 Å². The number of amides is 2. The third-order valence-electron chi connectivity index (χ3n) is 8.41. The number of methoxy groups -OCH3 is 1. The molecule has 0 saturated heterocycles. The van der Waals surface area contributed by atoms with Gasteiger partial charge in [-0.25, -0.2) is 4.79 Å². The molecule has 2 aliphatic carbocycles. The number of anilines is 1. The predicted octanol–water partition coefficient (Wildman–Crippen LogP) is 8.63. The summed E-state index contributed by atoms with van der Waals surface area (Å²) in [6.45, 7) is 6.71. The van der Waals surface area contributed by atoms with E-state index in [1.807, 2.05) is 12.1 Å². The Morgan fingerprint density at radius 2 is 1.90 bits per heavy atom. The lowest BCUT2D eigenvalue weighted by molar-refractivity contribution is 0.242. The summed E-state index contributed by atoms with van der Waals surface area (Å²) >= 11 is 6.02. The van der Waals surface area contributed by atoms with E-state index in [9.17, 15) is 4.79 Å². The second kappa shape index (κ2) is 13.8. The van der Waals surface area contributed by atoms with Gasteiger partial charge in [-0.2, -0.15) is 0 Å². The first-order valence-corrected chi connectivity index (χ1v) is 14.6. The zero-order valence-corrected chi connectivity index (χ0v) is 24.4. The Hall–Kier alpha value is -3.05. The predicted molar refractivity (Wildman–Crippen MR) is 163 cm³/mol. The molecule has 2 N–H and O–H groups in total. The summed E-state index contributed by atoms with van der Waals surface area (Å²) in [4.78, 5) is 18.0. The fraction of sp³-hybridized carbons (Fsp3) is 0.455. The van der Waals surface area contributed by atoms with Crippen LogP contribution in [0.3, 0.4) is 0 Å². The Bertz CT molecular complexity index is 1190. The number of ether oxygens (including phenoxy) is 1. The Labute approximate surface area is 238 Å². The van der Waals surface area contributed by atoms with Crippen molar-refractivity contribution < 1.29 is 9.53 Å². The molecular weight excluding hydrogens is 506 g/mol. The minimum absolute atomic E-state index is 0.00764. The summed E-state index contributed by atoms with van der Waals surface area (Å²) in [6, 6.07) is 7.02. The SMILES string of the molecule is CO/C1=C/C=C([C@@H]2CC(CC3=CC=C(C)C(C)C=N3)C(C)CC[C@H]2NC(=O)Nc2ccc(Cl)cc2)\C=C/CC1. The normalized spacial score (nSPS) is 30.9. The highest BCUT2D eigenvalue weighted by Crippen LogP contribution is 2.40. The molecule has 0 bridgehead atoms. The van der Waals surface area contributed by atoms with E-state index in [4.69, 9.17) is 21.3 Å². The summed E-state index contributed by atoms with van der Waals surface area (Å²) in [5.74, 6) is 2.49. The smallest absolute Gasteiger partial charge is 0.319 e. The molecule has 1 fully saturated rings. The van der Waals surface area contributed by atoms with Crippen molar-refractivity contribution in [2.24, 2.45) is 28.7 Å². The maximum atomic E-state index is 13.1. The lowest BCUT2D eigenvalue weighted by atomic mass is 9.79. The summed E-state index contributed by atoms with van der Waals surface area (Å²) in [6.07, 6.45) is 21.0. The second-order valence-electron chi connectivity index (χ2n) is 11.2. The number of carbonyl (C=O) groups excluding carboxylic acids is 1. The van der Waals surface area contributed by atoms with Crippen molar-refractivity contribution in [2.45, 2.75) is 65.3 Å². The third-order valence-corrected chi connectivity index (χ3v) is 8.66. The molecule has 208 valence electrons. The Kier molecular flexibility index (Phi) is 10.3. The molecule has 3 aliphatic rings. The first-order valence-electron chi connectivity index (χ1n) is 14.2. The molecule has 0 spiro atoms. The molecule has 4 rings (SSSR count). The third kappa shape index (κ3) is 8.22. The van der Waals surface area contributed by atoms with E-state index in [0.717, 1.165) is 55.7 Å². The molecule has 1 aromatic carbocycles. The number of nitrogens with one attached hydrogen (secondary N) is 2. The fourth-order valence-electron chi connectivity index (χ4n) is 5.62. The maximum absolute atomic E-state index is 13.1. The van der Waals surface area contributed by atoms with Crippen LogP contribution in [-0.2, 0) is 4.74 Å². The highest BCUT2D eigenvalue weighted by Gasteiger charge is 2.34. The van der Waals surface area contributed by atoms with Crippen LogP contribution in [0.4, 0.5) is 10.5 Å². The van der Waals surface area contributed by atoms with Crippen LogP contribution >= 0.6 is 11.6 Å². The van der Waals surface area contributed by atoms with Gasteiger partial charge in [0.1, 0.15) is 0 Å². The van der Waals surface area contributed by atoms with E-state index in [2.05, 4.69) is 74.1 Å². The number of nitrogens with zero attached hydrogens (tertiary/aromatic N) is 1. The Morgan fingerprint density at radius 1 is 1.10 bits per heavy atom. The van der Waals surface area contributed by atoms with E-state index < -0.39 is 0 Å². The van der Waals surface area contributed by atoms with Crippen LogP contribution in [-0.4, -0.2) is 25.4 Å². The van der Waals surface area contributed by atoms with Crippen LogP contribution < -0.4 is 10.6 Å². The van der Waals surface area contributed by atoms with Crippen molar-refractivity contribution in [3.63, 3.8) is 0 Å². The highest BCUT2D eigenvalue weighted by molar-refractivity contribution is 6.30. The molecule has 5 nitrogen and oxygen atoms in total. The lowest BCUT2D eigenvalue weighted by Crippen LogP contribution is -2.43. The van der Waals surface area contributed by atoms with Gasteiger partial charge in [0.25, 0.3) is 0 Å². The van der Waals surface area contributed by atoms with Crippen LogP contribution in [0.1, 0.15) is 59.3 Å². The lowest BCUT2D eigenvalue weighted by Gasteiger charge is -2.30. The minimum Gasteiger partial charge on any atom is -0.501 e. The standard InChI is InChI=1S/C33H42ClN3O2/c1-22-9-14-29(35-21-24(22)3)19-26-20-31(25-7-5-6-8-30(39-4)17-11-25)32(18-10-23(26)2)37-33(38)36-28-15-12-27(34)13-16-28/h5,7,9,11-17,21,23-24,26,31-32H,6,8,10,18-20H2,1-4H3,(H2,36,37,38)/b7-5-,25-11+,30-17+/t23?,24?,26?,31-,32+/m0/s1. The molecule has 1 aliphatic heterocycles. The summed E-state index contributed by atoms with van der Waals surface area (Å²) in [5.41, 5.74) is 4.44. The number of halogens is 1. The Morgan fingerprint density at radius 3 is 2.67 bits per heavy atom. The molecule has 3 unspecified atom stereocenters. The summed E-state index contributed by atoms with van der Waals surface area (Å²) in [5, 5.41) is 6.97. The van der Waals surface area contributed by atoms with Crippen molar-refractivity contribution in [3.8, 4) is 0 Å². The number of allylic oxidation sites excluding steroid dienone is 9. The van der Waals surface area contributed by atoms with E-state index in [-0.39, 0.29) is 18.0 Å². The quantitative estimate of drug-likeness (QED) is 0.350. The van der Waals surface area contributed by atoms with Gasteiger partial charge in [-0.3, -0.25) is 4.99 Å². The molecule has 1 aromatic rings. The molecule has 39 heavy (non-hydrogen) atoms. The van der Waals surface area contributed by atoms with Crippen LogP contribution in [0.5, 0.6) is 0 Å². The number of aliphatic imine (C=N–C) groups is 1. The maximum Gasteiger partial charge on any atom is 0.319 e. The number of hydrogen-bond donors (Lipinski definition) is 2. The number of rotatable bonds is 6. The molecule has 6 heteroatoms. The van der Waals surface area contributed by atoms with Gasteiger partial charge in [-0.05, 0) is 92.9 Å². The van der Waals surface area contributed by atoms with Gasteiger partial charge < -0.3 is 15.4 Å². The van der Waals surface area contributed by atoms with Crippen molar-refractivity contribution >= 4 is 29.5 Å². The number of carbonyl (C=O) groups is 1. The fourth-order valence-corrected chi connectivity index (χ4v) is 5.75. The number of benzene rings is 1. The van der Waals surface area contributed by atoms with Crippen LogP contribution in [0, 0.1) is 23.7 Å². The molecular formula is C33H42ClN3O2. The molecule has 1 heterocycles. The van der Waals surface area contributed by atoms with Crippen molar-refractivity contribution in [2.75, 3.05) is 12.4 Å². The Balaban J connectivity index is 1.59. The zero-order valence-electron chi connectivity index (χ0n) is 23.6. The summed E-state index contributed by atoms with van der Waals surface area (Å²) < 4.78 is 5.59. The summed E-state index contributed by atoms with van der Waals surface area (Å²) in [7, 11) is 1.73. The number of urea groups is 1. The second-order valence-corrected chi connectivity index (χ2v) is 11.6. The van der Waals surface area contributed by atoms with Crippen LogP contribution in [0.2, 0.25) is 5.02 Å². The van der Waals surface area contributed by atoms with Crippen molar-refractivity contribution in [3.05, 3.63) is 88.3 Å². The van der Waals surface area contributed by atoms with Crippen LogP contribution in [0.15, 0.2) is 88.3 Å². The molecule has 0 aromatic heterocycles. The molecule has 5 atom stereocenters. The first-order chi connectivity index (χ1) is 18.8. The molecule has 0 radical (unpaired) electrons. The monoisotopic (exact) mass is 547 g/mol. The van der Waals surface area contributed by atoms with Gasteiger partial charge in [0, 0.05) is 46.9 Å². The van der Waals surface area contributed by atoms with Gasteiger partial charge in [-0.15, -0.1) is 0 Å². The van der Waals surface area contributed by atoms with E-state index in [1.54, 1.807) is 19.2 Å². The largest absolute Gasteiger partial charge is 0.501 e. The minimum atomic E-state index is -0.187. The van der Waals surface area contributed by atoms with E-state index >= 15 is 0 Å². The van der Waals surface area contributed by atoms with Gasteiger partial charge in [0.05, 0.1) is 12.9 Å². The highest BCUT2D eigenvalue weighted by atomic mass is 35.5. The zero-order chi connectivity index (χ0) is 27.8. The molecule has 2 amide bonds. The van der Waals surface area contributed by atoms with Gasteiger partial charge >= 0.3 is 6.03 Å².